The largest absolute Gasteiger partial charge is 0.488 e. The van der Waals surface area contributed by atoms with Crippen molar-refractivity contribution in [2.75, 3.05) is 67.7 Å². The second kappa shape index (κ2) is 19.0. The van der Waals surface area contributed by atoms with Gasteiger partial charge in [-0.25, -0.2) is 14.8 Å². The van der Waals surface area contributed by atoms with E-state index in [1.165, 1.54) is 0 Å². The van der Waals surface area contributed by atoms with Crippen LogP contribution in [0.15, 0.2) is 67.4 Å². The summed E-state index contributed by atoms with van der Waals surface area (Å²) in [5, 5.41) is 6.69. The lowest BCUT2D eigenvalue weighted by atomic mass is 9.92. The Hall–Kier alpha value is -5.54. The number of aromatic nitrogens is 5. The Labute approximate surface area is 356 Å². The van der Waals surface area contributed by atoms with Crippen molar-refractivity contribution >= 4 is 45.2 Å². The fourth-order valence-corrected chi connectivity index (χ4v) is 8.84. The molecule has 2 N–H and O–H groups in total. The Balaban J connectivity index is 0.908. The summed E-state index contributed by atoms with van der Waals surface area (Å²) >= 11 is 0. The van der Waals surface area contributed by atoms with Gasteiger partial charge in [-0.3, -0.25) is 15.0 Å². The number of pyridine rings is 1. The second-order valence-corrected chi connectivity index (χ2v) is 17.1. The summed E-state index contributed by atoms with van der Waals surface area (Å²) in [7, 11) is 0. The van der Waals surface area contributed by atoms with Crippen molar-refractivity contribution in [2.24, 2.45) is 5.92 Å². The summed E-state index contributed by atoms with van der Waals surface area (Å²) in [5.74, 6) is 1.76. The number of carbonyl (C=O) groups excluding carboxylic acids is 1. The van der Waals surface area contributed by atoms with Crippen molar-refractivity contribution in [1.29, 1.82) is 0 Å². The topological polar surface area (TPSA) is 158 Å². The first kappa shape index (κ1) is 40.8. The summed E-state index contributed by atoms with van der Waals surface area (Å²) in [6, 6.07) is 12.9. The molecular formula is C46H57N9O6. The van der Waals surface area contributed by atoms with Gasteiger partial charge >= 0.3 is 6.09 Å². The highest BCUT2D eigenvalue weighted by Crippen LogP contribution is 2.37. The molecule has 1 atom stereocenters. The Morgan fingerprint density at radius 2 is 1.39 bits per heavy atom. The Kier molecular flexibility index (Phi) is 12.7. The standard InChI is InChI=1S/C46H57N9O6/c1-30(2)29-59-46(56)52-32-5-9-37(10-6-32)61-42-25-34(54-17-20-57-21-18-54)23-39-45(42)53-40(27-50-39)43-28-55(19-22-58-43)35-24-38-44(49-16-15-48-38)41(26-35)60-36-7-3-31(4-8-36)51-33-11-13-47-14-12-33/h11-16,23-27,30-32,36-37,43H,3-10,17-22,28-29H2,1-2H3,(H,47,51)(H,52,56). The third-order valence-electron chi connectivity index (χ3n) is 12.1. The van der Waals surface area contributed by atoms with Crippen LogP contribution in [0.3, 0.4) is 0 Å². The van der Waals surface area contributed by atoms with Gasteiger partial charge < -0.3 is 44.1 Å². The highest BCUT2D eigenvalue weighted by molar-refractivity contribution is 5.86. The van der Waals surface area contributed by atoms with Crippen LogP contribution in [-0.2, 0) is 14.2 Å². The molecule has 1 unspecified atom stereocenters. The van der Waals surface area contributed by atoms with E-state index in [9.17, 15) is 4.79 Å². The molecule has 4 fully saturated rings. The van der Waals surface area contributed by atoms with Crippen LogP contribution in [0.5, 0.6) is 11.5 Å². The fraction of sp³-hybridized carbons (Fsp3) is 0.522. The first-order chi connectivity index (χ1) is 29.9. The minimum atomic E-state index is -0.347. The number of ether oxygens (including phenoxy) is 5. The Morgan fingerprint density at radius 1 is 0.754 bits per heavy atom. The lowest BCUT2D eigenvalue weighted by Gasteiger charge is -2.35. The van der Waals surface area contributed by atoms with Gasteiger partial charge in [0.1, 0.15) is 28.6 Å². The first-order valence-electron chi connectivity index (χ1n) is 22.1. The summed E-state index contributed by atoms with van der Waals surface area (Å²) in [6.45, 7) is 9.22. The average Bonchev–Trinajstić information content (AvgIpc) is 3.30. The second-order valence-electron chi connectivity index (χ2n) is 17.1. The normalized spacial score (nSPS) is 23.5. The molecule has 2 saturated heterocycles. The average molecular weight is 832 g/mol. The van der Waals surface area contributed by atoms with Crippen LogP contribution < -0.4 is 29.9 Å². The van der Waals surface area contributed by atoms with Gasteiger partial charge in [-0.15, -0.1) is 0 Å². The van der Waals surface area contributed by atoms with E-state index < -0.39 is 0 Å². The number of benzene rings is 2. The number of alkyl carbamates (subject to hydrolysis) is 1. The highest BCUT2D eigenvalue weighted by atomic mass is 16.5. The van der Waals surface area contributed by atoms with E-state index in [0.717, 1.165) is 115 Å². The maximum Gasteiger partial charge on any atom is 0.407 e. The summed E-state index contributed by atoms with van der Waals surface area (Å²) in [6.07, 6.45) is 15.5. The van der Waals surface area contributed by atoms with Gasteiger partial charge in [-0.2, -0.15) is 0 Å². The van der Waals surface area contributed by atoms with E-state index in [1.54, 1.807) is 12.4 Å². The predicted octanol–water partition coefficient (Wildman–Crippen LogP) is 7.26. The van der Waals surface area contributed by atoms with Gasteiger partial charge in [0.25, 0.3) is 0 Å². The van der Waals surface area contributed by atoms with E-state index in [2.05, 4.69) is 49.7 Å². The van der Waals surface area contributed by atoms with Crippen LogP contribution in [0, 0.1) is 5.92 Å². The SMILES string of the molecule is CC(C)COC(=O)NC1CCC(Oc2cc(N3CCOCC3)cc3ncc(C4CN(c5cc(OC6CCC(Nc7ccncc7)CC6)c6nccnc6c5)CCO4)nc23)CC1. The molecular weight excluding hydrogens is 775 g/mol. The summed E-state index contributed by atoms with van der Waals surface area (Å²) in [4.78, 5) is 40.7. The maximum absolute atomic E-state index is 12.4. The van der Waals surface area contributed by atoms with Gasteiger partial charge in [-0.05, 0) is 81.5 Å². The number of nitrogens with zero attached hydrogens (tertiary/aromatic N) is 7. The third kappa shape index (κ3) is 10.2. The zero-order valence-electron chi connectivity index (χ0n) is 35.2. The van der Waals surface area contributed by atoms with Crippen molar-refractivity contribution in [3.05, 3.63) is 73.1 Å². The van der Waals surface area contributed by atoms with E-state index in [-0.39, 0.29) is 30.4 Å². The molecule has 0 spiro atoms. The molecule has 5 aromatic rings. The van der Waals surface area contributed by atoms with Gasteiger partial charge in [-0.1, -0.05) is 13.8 Å². The molecule has 61 heavy (non-hydrogen) atoms. The quantitative estimate of drug-likeness (QED) is 0.129. The first-order valence-corrected chi connectivity index (χ1v) is 22.1. The van der Waals surface area contributed by atoms with E-state index >= 15 is 0 Å². The van der Waals surface area contributed by atoms with Crippen molar-refractivity contribution in [1.82, 2.24) is 30.2 Å². The van der Waals surface area contributed by atoms with E-state index in [0.29, 0.717) is 57.2 Å². The number of hydrogen-bond donors (Lipinski definition) is 2. The number of anilines is 3. The molecule has 2 aromatic carbocycles. The molecule has 2 aliphatic heterocycles. The highest BCUT2D eigenvalue weighted by Gasteiger charge is 2.29. The van der Waals surface area contributed by atoms with Crippen LogP contribution in [0.2, 0.25) is 0 Å². The lowest BCUT2D eigenvalue weighted by Crippen LogP contribution is -2.40. The minimum absolute atomic E-state index is 0.0223. The van der Waals surface area contributed by atoms with Crippen molar-refractivity contribution in [2.45, 2.75) is 95.6 Å². The Bertz CT molecular complexity index is 2240. The smallest absolute Gasteiger partial charge is 0.407 e. The monoisotopic (exact) mass is 831 g/mol. The number of amides is 1. The molecule has 15 nitrogen and oxygen atoms in total. The van der Waals surface area contributed by atoms with Crippen molar-refractivity contribution in [3.63, 3.8) is 0 Å². The Morgan fingerprint density at radius 3 is 2.11 bits per heavy atom. The van der Waals surface area contributed by atoms with Crippen molar-refractivity contribution in [3.8, 4) is 11.5 Å². The molecule has 9 rings (SSSR count). The molecule has 322 valence electrons. The van der Waals surface area contributed by atoms with E-state index in [1.807, 2.05) is 44.6 Å². The molecule has 5 heterocycles. The number of fused-ring (bicyclic) bond motifs is 2. The van der Waals surface area contributed by atoms with Crippen LogP contribution in [0.4, 0.5) is 21.9 Å². The molecule has 15 heteroatoms. The molecule has 4 aliphatic rings. The van der Waals surface area contributed by atoms with Gasteiger partial charge in [0.05, 0.1) is 68.1 Å². The molecule has 1 amide bonds. The maximum atomic E-state index is 12.4. The third-order valence-corrected chi connectivity index (χ3v) is 12.1. The molecule has 3 aromatic heterocycles. The van der Waals surface area contributed by atoms with Crippen LogP contribution in [-0.4, -0.2) is 108 Å². The number of morpholine rings is 2. The lowest BCUT2D eigenvalue weighted by molar-refractivity contribution is 0.0369. The zero-order chi connectivity index (χ0) is 41.5. The van der Waals surface area contributed by atoms with Crippen LogP contribution in [0.25, 0.3) is 22.1 Å². The van der Waals surface area contributed by atoms with Crippen LogP contribution >= 0.6 is 0 Å². The molecule has 2 aliphatic carbocycles. The predicted molar refractivity (Wildman–Crippen MR) is 234 cm³/mol. The number of hydrogen-bond acceptors (Lipinski definition) is 14. The number of nitrogens with one attached hydrogen (secondary N) is 2. The van der Waals surface area contributed by atoms with Gasteiger partial charge in [0, 0.05) is 85.7 Å². The number of carbonyl (C=O) groups is 1. The van der Waals surface area contributed by atoms with Gasteiger partial charge in [0.2, 0.25) is 0 Å². The molecule has 2 saturated carbocycles. The van der Waals surface area contributed by atoms with Crippen molar-refractivity contribution < 1.29 is 28.5 Å². The summed E-state index contributed by atoms with van der Waals surface area (Å²) in [5.41, 5.74) is 6.97. The number of rotatable bonds is 12. The van der Waals surface area contributed by atoms with Gasteiger partial charge in [0.15, 0.2) is 0 Å². The fourth-order valence-electron chi connectivity index (χ4n) is 8.84. The molecule has 0 radical (unpaired) electrons. The van der Waals surface area contributed by atoms with E-state index in [4.69, 9.17) is 43.6 Å². The minimum Gasteiger partial charge on any atom is -0.488 e. The summed E-state index contributed by atoms with van der Waals surface area (Å²) < 4.78 is 31.0. The zero-order valence-corrected chi connectivity index (χ0v) is 35.2. The molecule has 0 bridgehead atoms. The van der Waals surface area contributed by atoms with Crippen LogP contribution in [0.1, 0.15) is 77.0 Å².